The Kier molecular flexibility index (Phi) is 5.79. The normalized spacial score (nSPS) is 17.7. The number of para-hydroxylation sites is 1. The molecular weight excluding hydrogens is 340 g/mol. The summed E-state index contributed by atoms with van der Waals surface area (Å²) in [5, 5.41) is 2.90. The zero-order chi connectivity index (χ0) is 19.4. The van der Waals surface area contributed by atoms with Crippen molar-refractivity contribution in [2.24, 2.45) is 5.92 Å². The Morgan fingerprint density at radius 1 is 1.22 bits per heavy atom. The van der Waals surface area contributed by atoms with E-state index in [0.717, 1.165) is 23.4 Å². The molecule has 2 unspecified atom stereocenters. The summed E-state index contributed by atoms with van der Waals surface area (Å²) in [5.41, 5.74) is 2.79. The number of anilines is 2. The molecule has 0 aromatic heterocycles. The number of nitrogens with zero attached hydrogens (tertiary/aromatic N) is 1. The van der Waals surface area contributed by atoms with Crippen molar-refractivity contribution < 1.29 is 14.3 Å². The maximum Gasteiger partial charge on any atom is 0.229 e. The molecule has 27 heavy (non-hydrogen) atoms. The molecule has 1 fully saturated rings. The molecule has 5 heteroatoms. The average molecular weight is 366 g/mol. The maximum atomic E-state index is 12.6. The molecule has 1 aliphatic rings. The highest BCUT2D eigenvalue weighted by molar-refractivity contribution is 6.03. The lowest BCUT2D eigenvalue weighted by Gasteiger charge is -2.23. The van der Waals surface area contributed by atoms with Crippen molar-refractivity contribution in [1.82, 2.24) is 0 Å². The van der Waals surface area contributed by atoms with Gasteiger partial charge in [-0.05, 0) is 48.2 Å². The standard InChI is InChI=1S/C22H26N2O3/c1-4-15(2)19-7-5-6-8-20(19)24-14-16(13-21(24)25)22(26)23-17-9-11-18(27-3)12-10-17/h5-12,15-16H,4,13-14H2,1-3H3,(H,23,26). The summed E-state index contributed by atoms with van der Waals surface area (Å²) in [5.74, 6) is 0.611. The van der Waals surface area contributed by atoms with Crippen LogP contribution in [0.15, 0.2) is 48.5 Å². The third kappa shape index (κ3) is 4.13. The zero-order valence-corrected chi connectivity index (χ0v) is 16.1. The summed E-state index contributed by atoms with van der Waals surface area (Å²) >= 11 is 0. The lowest BCUT2D eigenvalue weighted by molar-refractivity contribution is -0.122. The fourth-order valence-corrected chi connectivity index (χ4v) is 3.40. The number of ether oxygens (including phenoxy) is 1. The summed E-state index contributed by atoms with van der Waals surface area (Å²) < 4.78 is 5.13. The number of hydrogen-bond acceptors (Lipinski definition) is 3. The van der Waals surface area contributed by atoms with Gasteiger partial charge in [-0.15, -0.1) is 0 Å². The van der Waals surface area contributed by atoms with Crippen molar-refractivity contribution in [1.29, 1.82) is 0 Å². The van der Waals surface area contributed by atoms with Gasteiger partial charge in [0.2, 0.25) is 11.8 Å². The largest absolute Gasteiger partial charge is 0.497 e. The van der Waals surface area contributed by atoms with Crippen LogP contribution < -0.4 is 15.0 Å². The van der Waals surface area contributed by atoms with Gasteiger partial charge in [0.1, 0.15) is 5.75 Å². The Balaban J connectivity index is 1.72. The molecular formula is C22H26N2O3. The van der Waals surface area contributed by atoms with Crippen molar-refractivity contribution in [2.75, 3.05) is 23.9 Å². The molecule has 2 aromatic rings. The highest BCUT2D eigenvalue weighted by atomic mass is 16.5. The molecule has 2 amide bonds. The summed E-state index contributed by atoms with van der Waals surface area (Å²) in [7, 11) is 1.60. The Labute approximate surface area is 160 Å². The molecule has 2 atom stereocenters. The van der Waals surface area contributed by atoms with Crippen molar-refractivity contribution in [3.63, 3.8) is 0 Å². The number of carbonyl (C=O) groups is 2. The van der Waals surface area contributed by atoms with Gasteiger partial charge in [-0.25, -0.2) is 0 Å². The quantitative estimate of drug-likeness (QED) is 0.833. The smallest absolute Gasteiger partial charge is 0.229 e. The van der Waals surface area contributed by atoms with Gasteiger partial charge in [-0.3, -0.25) is 9.59 Å². The van der Waals surface area contributed by atoms with Crippen LogP contribution in [-0.2, 0) is 9.59 Å². The Bertz CT molecular complexity index is 817. The van der Waals surface area contributed by atoms with Gasteiger partial charge in [0, 0.05) is 24.3 Å². The molecule has 1 aliphatic heterocycles. The minimum atomic E-state index is -0.357. The zero-order valence-electron chi connectivity index (χ0n) is 16.1. The molecule has 2 aromatic carbocycles. The molecule has 1 N–H and O–H groups in total. The van der Waals surface area contributed by atoms with Crippen LogP contribution in [-0.4, -0.2) is 25.5 Å². The summed E-state index contributed by atoms with van der Waals surface area (Å²) in [6.07, 6.45) is 1.23. The number of amides is 2. The summed E-state index contributed by atoms with van der Waals surface area (Å²) in [6, 6.07) is 15.2. The molecule has 0 saturated carbocycles. The highest BCUT2D eigenvalue weighted by Crippen LogP contribution is 2.33. The molecule has 0 radical (unpaired) electrons. The minimum absolute atomic E-state index is 0.000587. The van der Waals surface area contributed by atoms with E-state index >= 15 is 0 Å². The van der Waals surface area contributed by atoms with Crippen LogP contribution in [0.4, 0.5) is 11.4 Å². The van der Waals surface area contributed by atoms with Crippen molar-refractivity contribution in [3.05, 3.63) is 54.1 Å². The monoisotopic (exact) mass is 366 g/mol. The van der Waals surface area contributed by atoms with E-state index in [1.807, 2.05) is 18.2 Å². The van der Waals surface area contributed by atoms with E-state index in [-0.39, 0.29) is 24.2 Å². The number of carbonyl (C=O) groups excluding carboxylic acids is 2. The predicted molar refractivity (Wildman–Crippen MR) is 107 cm³/mol. The second-order valence-electron chi connectivity index (χ2n) is 6.99. The molecule has 1 heterocycles. The molecule has 0 bridgehead atoms. The summed E-state index contributed by atoms with van der Waals surface area (Å²) in [6.45, 7) is 4.71. The number of methoxy groups -OCH3 is 1. The fourth-order valence-electron chi connectivity index (χ4n) is 3.40. The number of benzene rings is 2. The van der Waals surface area contributed by atoms with Gasteiger partial charge in [0.15, 0.2) is 0 Å². The third-order valence-corrected chi connectivity index (χ3v) is 5.22. The van der Waals surface area contributed by atoms with Crippen LogP contribution in [0.2, 0.25) is 0 Å². The van der Waals surface area contributed by atoms with E-state index in [2.05, 4.69) is 25.2 Å². The Hall–Kier alpha value is -2.82. The Morgan fingerprint density at radius 2 is 1.93 bits per heavy atom. The van der Waals surface area contributed by atoms with Gasteiger partial charge in [-0.2, -0.15) is 0 Å². The van der Waals surface area contributed by atoms with E-state index < -0.39 is 0 Å². The topological polar surface area (TPSA) is 58.6 Å². The van der Waals surface area contributed by atoms with Crippen LogP contribution in [0.3, 0.4) is 0 Å². The first-order chi connectivity index (χ1) is 13.0. The van der Waals surface area contributed by atoms with E-state index in [0.29, 0.717) is 18.2 Å². The van der Waals surface area contributed by atoms with Crippen LogP contribution in [0.5, 0.6) is 5.75 Å². The minimum Gasteiger partial charge on any atom is -0.497 e. The van der Waals surface area contributed by atoms with Crippen molar-refractivity contribution in [2.45, 2.75) is 32.6 Å². The van der Waals surface area contributed by atoms with Crippen molar-refractivity contribution >= 4 is 23.2 Å². The average Bonchev–Trinajstić information content (AvgIpc) is 3.09. The predicted octanol–water partition coefficient (Wildman–Crippen LogP) is 4.20. The maximum absolute atomic E-state index is 12.6. The second kappa shape index (κ2) is 8.25. The van der Waals surface area contributed by atoms with E-state index in [4.69, 9.17) is 4.74 Å². The van der Waals surface area contributed by atoms with Gasteiger partial charge in [0.25, 0.3) is 0 Å². The second-order valence-corrected chi connectivity index (χ2v) is 6.99. The molecule has 3 rings (SSSR count). The van der Waals surface area contributed by atoms with E-state index in [1.165, 1.54) is 0 Å². The van der Waals surface area contributed by atoms with Crippen LogP contribution in [0.1, 0.15) is 38.2 Å². The first kappa shape index (κ1) is 19.0. The molecule has 142 valence electrons. The molecule has 0 aliphatic carbocycles. The van der Waals surface area contributed by atoms with Crippen LogP contribution in [0.25, 0.3) is 0 Å². The van der Waals surface area contributed by atoms with Crippen molar-refractivity contribution in [3.8, 4) is 5.75 Å². The van der Waals surface area contributed by atoms with Gasteiger partial charge < -0.3 is 15.0 Å². The van der Waals surface area contributed by atoms with Gasteiger partial charge in [0.05, 0.1) is 13.0 Å². The lowest BCUT2D eigenvalue weighted by atomic mass is 9.96. The number of nitrogens with one attached hydrogen (secondary N) is 1. The molecule has 0 spiro atoms. The highest BCUT2D eigenvalue weighted by Gasteiger charge is 2.36. The summed E-state index contributed by atoms with van der Waals surface area (Å²) in [4.78, 5) is 27.0. The fraction of sp³-hybridized carbons (Fsp3) is 0.364. The first-order valence-electron chi connectivity index (χ1n) is 9.37. The van der Waals surface area contributed by atoms with Gasteiger partial charge in [-0.1, -0.05) is 32.0 Å². The Morgan fingerprint density at radius 3 is 2.59 bits per heavy atom. The first-order valence-corrected chi connectivity index (χ1v) is 9.37. The lowest BCUT2D eigenvalue weighted by Crippen LogP contribution is -2.29. The van der Waals surface area contributed by atoms with E-state index in [9.17, 15) is 9.59 Å². The SMILES string of the molecule is CCC(C)c1ccccc1N1CC(C(=O)Nc2ccc(OC)cc2)CC1=O. The third-order valence-electron chi connectivity index (χ3n) is 5.22. The van der Waals surface area contributed by atoms with Gasteiger partial charge >= 0.3 is 0 Å². The molecule has 1 saturated heterocycles. The van der Waals surface area contributed by atoms with E-state index in [1.54, 1.807) is 36.3 Å². The van der Waals surface area contributed by atoms with Crippen LogP contribution in [0, 0.1) is 5.92 Å². The number of rotatable bonds is 6. The molecule has 5 nitrogen and oxygen atoms in total. The number of hydrogen-bond donors (Lipinski definition) is 1. The van der Waals surface area contributed by atoms with Crippen LogP contribution >= 0.6 is 0 Å².